The SMILES string of the molecule is CNCc1cc(N2CCC(C(C)(C)C)CC2)ncc1Cl. The molecule has 1 aliphatic rings. The van der Waals surface area contributed by atoms with Crippen LogP contribution >= 0.6 is 11.6 Å². The van der Waals surface area contributed by atoms with Gasteiger partial charge in [-0.1, -0.05) is 32.4 Å². The van der Waals surface area contributed by atoms with Crippen molar-refractivity contribution < 1.29 is 0 Å². The van der Waals surface area contributed by atoms with E-state index in [9.17, 15) is 0 Å². The van der Waals surface area contributed by atoms with Crippen molar-refractivity contribution in [1.29, 1.82) is 0 Å². The topological polar surface area (TPSA) is 28.2 Å². The highest BCUT2D eigenvalue weighted by molar-refractivity contribution is 6.31. The van der Waals surface area contributed by atoms with E-state index in [0.717, 1.165) is 42.0 Å². The second-order valence-electron chi connectivity index (χ2n) is 6.79. The molecule has 0 bridgehead atoms. The van der Waals surface area contributed by atoms with Crippen molar-refractivity contribution in [3.8, 4) is 0 Å². The van der Waals surface area contributed by atoms with Crippen LogP contribution in [0.3, 0.4) is 0 Å². The molecule has 0 atom stereocenters. The molecule has 0 aromatic carbocycles. The van der Waals surface area contributed by atoms with Gasteiger partial charge in [0.2, 0.25) is 0 Å². The number of halogens is 1. The van der Waals surface area contributed by atoms with Gasteiger partial charge in [0.05, 0.1) is 5.02 Å². The zero-order chi connectivity index (χ0) is 14.8. The first-order valence-electron chi connectivity index (χ1n) is 7.46. The quantitative estimate of drug-likeness (QED) is 0.921. The van der Waals surface area contributed by atoms with Crippen LogP contribution in [-0.4, -0.2) is 25.1 Å². The molecular formula is C16H26ClN3. The molecule has 0 spiro atoms. The van der Waals surface area contributed by atoms with Crippen molar-refractivity contribution >= 4 is 17.4 Å². The summed E-state index contributed by atoms with van der Waals surface area (Å²) in [5.41, 5.74) is 1.54. The molecule has 4 heteroatoms. The number of aromatic nitrogens is 1. The van der Waals surface area contributed by atoms with Crippen LogP contribution < -0.4 is 10.2 Å². The molecule has 0 saturated carbocycles. The Balaban J connectivity index is 2.05. The maximum absolute atomic E-state index is 6.18. The average Bonchev–Trinajstić information content (AvgIpc) is 2.41. The molecule has 112 valence electrons. The van der Waals surface area contributed by atoms with Crippen LogP contribution in [0.4, 0.5) is 5.82 Å². The highest BCUT2D eigenvalue weighted by Gasteiger charge is 2.29. The zero-order valence-electron chi connectivity index (χ0n) is 13.0. The van der Waals surface area contributed by atoms with Crippen LogP contribution in [0.15, 0.2) is 12.3 Å². The number of rotatable bonds is 3. The van der Waals surface area contributed by atoms with Crippen LogP contribution in [-0.2, 0) is 6.54 Å². The third-order valence-electron chi connectivity index (χ3n) is 4.33. The summed E-state index contributed by atoms with van der Waals surface area (Å²) < 4.78 is 0. The average molecular weight is 296 g/mol. The number of anilines is 1. The zero-order valence-corrected chi connectivity index (χ0v) is 13.8. The van der Waals surface area contributed by atoms with E-state index < -0.39 is 0 Å². The number of nitrogens with one attached hydrogen (secondary N) is 1. The minimum atomic E-state index is 0.413. The largest absolute Gasteiger partial charge is 0.357 e. The van der Waals surface area contributed by atoms with Gasteiger partial charge in [0, 0.05) is 25.8 Å². The predicted octanol–water partition coefficient (Wildman–Crippen LogP) is 3.72. The molecule has 1 N–H and O–H groups in total. The van der Waals surface area contributed by atoms with Gasteiger partial charge in [-0.15, -0.1) is 0 Å². The van der Waals surface area contributed by atoms with E-state index in [2.05, 4.69) is 42.0 Å². The fourth-order valence-corrected chi connectivity index (χ4v) is 3.11. The summed E-state index contributed by atoms with van der Waals surface area (Å²) in [4.78, 5) is 6.88. The minimum Gasteiger partial charge on any atom is -0.357 e. The van der Waals surface area contributed by atoms with Crippen molar-refractivity contribution in [3.05, 3.63) is 22.8 Å². The predicted molar refractivity (Wildman–Crippen MR) is 86.4 cm³/mol. The number of nitrogens with zero attached hydrogens (tertiary/aromatic N) is 2. The number of hydrogen-bond acceptors (Lipinski definition) is 3. The smallest absolute Gasteiger partial charge is 0.128 e. The van der Waals surface area contributed by atoms with Crippen molar-refractivity contribution in [2.24, 2.45) is 11.3 Å². The molecule has 0 radical (unpaired) electrons. The van der Waals surface area contributed by atoms with E-state index >= 15 is 0 Å². The van der Waals surface area contributed by atoms with Crippen molar-refractivity contribution in [2.45, 2.75) is 40.2 Å². The van der Waals surface area contributed by atoms with E-state index in [1.54, 1.807) is 6.20 Å². The van der Waals surface area contributed by atoms with E-state index in [1.807, 2.05) is 7.05 Å². The Kier molecular flexibility index (Phi) is 4.92. The minimum absolute atomic E-state index is 0.413. The van der Waals surface area contributed by atoms with Crippen LogP contribution in [0.5, 0.6) is 0 Å². The number of pyridine rings is 1. The molecule has 0 amide bonds. The maximum atomic E-state index is 6.18. The van der Waals surface area contributed by atoms with Crippen LogP contribution in [0.25, 0.3) is 0 Å². The third-order valence-corrected chi connectivity index (χ3v) is 4.67. The van der Waals surface area contributed by atoms with Gasteiger partial charge in [0.1, 0.15) is 5.82 Å². The molecule has 2 heterocycles. The third kappa shape index (κ3) is 3.64. The fraction of sp³-hybridized carbons (Fsp3) is 0.688. The van der Waals surface area contributed by atoms with Crippen LogP contribution in [0.1, 0.15) is 39.2 Å². The van der Waals surface area contributed by atoms with E-state index in [1.165, 1.54) is 12.8 Å². The van der Waals surface area contributed by atoms with Crippen molar-refractivity contribution in [3.63, 3.8) is 0 Å². The van der Waals surface area contributed by atoms with Gasteiger partial charge in [0.25, 0.3) is 0 Å². The summed E-state index contributed by atoms with van der Waals surface area (Å²) in [6, 6.07) is 2.12. The van der Waals surface area contributed by atoms with Gasteiger partial charge in [0.15, 0.2) is 0 Å². The molecular weight excluding hydrogens is 270 g/mol. The second-order valence-corrected chi connectivity index (χ2v) is 7.20. The summed E-state index contributed by atoms with van der Waals surface area (Å²) in [7, 11) is 1.94. The lowest BCUT2D eigenvalue weighted by atomic mass is 9.75. The molecule has 3 nitrogen and oxygen atoms in total. The summed E-state index contributed by atoms with van der Waals surface area (Å²) in [5, 5.41) is 3.89. The Bertz CT molecular complexity index is 446. The highest BCUT2D eigenvalue weighted by Crippen LogP contribution is 2.35. The standard InChI is InChI=1S/C16H26ClN3/c1-16(2,3)13-5-7-20(8-6-13)15-9-12(10-18-4)14(17)11-19-15/h9,11,13,18H,5-8,10H2,1-4H3. The molecule has 2 rings (SSSR count). The van der Waals surface area contributed by atoms with Gasteiger partial charge in [-0.2, -0.15) is 0 Å². The Hall–Kier alpha value is -0.800. The Morgan fingerprint density at radius 3 is 2.55 bits per heavy atom. The van der Waals surface area contributed by atoms with Gasteiger partial charge in [-0.3, -0.25) is 0 Å². The summed E-state index contributed by atoms with van der Waals surface area (Å²) in [5.74, 6) is 1.87. The van der Waals surface area contributed by atoms with E-state index in [0.29, 0.717) is 5.41 Å². The molecule has 1 aliphatic heterocycles. The first-order valence-corrected chi connectivity index (χ1v) is 7.83. The molecule has 1 aromatic rings. The second kappa shape index (κ2) is 6.31. The van der Waals surface area contributed by atoms with Crippen molar-refractivity contribution in [1.82, 2.24) is 10.3 Å². The summed E-state index contributed by atoms with van der Waals surface area (Å²) >= 11 is 6.18. The lowest BCUT2D eigenvalue weighted by Gasteiger charge is -2.39. The first-order chi connectivity index (χ1) is 9.41. The fourth-order valence-electron chi connectivity index (χ4n) is 2.94. The Morgan fingerprint density at radius 2 is 2.00 bits per heavy atom. The summed E-state index contributed by atoms with van der Waals surface area (Å²) in [6.45, 7) is 10.0. The number of hydrogen-bond donors (Lipinski definition) is 1. The molecule has 1 fully saturated rings. The lowest BCUT2D eigenvalue weighted by molar-refractivity contribution is 0.198. The molecule has 1 saturated heterocycles. The Labute approximate surface area is 127 Å². The van der Waals surface area contributed by atoms with Gasteiger partial charge in [-0.05, 0) is 42.9 Å². The normalized spacial score (nSPS) is 17.6. The van der Waals surface area contributed by atoms with Crippen molar-refractivity contribution in [2.75, 3.05) is 25.0 Å². The molecule has 0 aliphatic carbocycles. The summed E-state index contributed by atoms with van der Waals surface area (Å²) in [6.07, 6.45) is 4.27. The van der Waals surface area contributed by atoms with Gasteiger partial charge >= 0.3 is 0 Å². The number of piperidine rings is 1. The monoisotopic (exact) mass is 295 g/mol. The van der Waals surface area contributed by atoms with Crippen LogP contribution in [0, 0.1) is 11.3 Å². The van der Waals surface area contributed by atoms with Gasteiger partial charge in [-0.25, -0.2) is 4.98 Å². The highest BCUT2D eigenvalue weighted by atomic mass is 35.5. The molecule has 1 aromatic heterocycles. The molecule has 20 heavy (non-hydrogen) atoms. The Morgan fingerprint density at radius 1 is 1.35 bits per heavy atom. The first kappa shape index (κ1) is 15.6. The van der Waals surface area contributed by atoms with Crippen LogP contribution in [0.2, 0.25) is 5.02 Å². The van der Waals surface area contributed by atoms with Gasteiger partial charge < -0.3 is 10.2 Å². The van der Waals surface area contributed by atoms with E-state index in [4.69, 9.17) is 11.6 Å². The van der Waals surface area contributed by atoms with E-state index in [-0.39, 0.29) is 0 Å². The maximum Gasteiger partial charge on any atom is 0.128 e. The molecule has 0 unspecified atom stereocenters. The lowest BCUT2D eigenvalue weighted by Crippen LogP contribution is -2.38.